The van der Waals surface area contributed by atoms with Gasteiger partial charge in [0, 0.05) is 12.1 Å². The number of hydrogen-bond acceptors (Lipinski definition) is 3. The number of rotatable bonds is 2. The number of H-pyrrole nitrogens is 1. The Hall–Kier alpha value is -2.38. The smallest absolute Gasteiger partial charge is 0.293 e. The van der Waals surface area contributed by atoms with E-state index in [1.165, 1.54) is 0 Å². The summed E-state index contributed by atoms with van der Waals surface area (Å²) in [6, 6.07) is 0.915. The van der Waals surface area contributed by atoms with E-state index in [2.05, 4.69) is 15.2 Å². The molecule has 17 heavy (non-hydrogen) atoms. The van der Waals surface area contributed by atoms with Crippen molar-refractivity contribution in [2.75, 3.05) is 5.32 Å². The number of nitrogens with zero attached hydrogens (tertiary/aromatic N) is 2. The fourth-order valence-electron chi connectivity index (χ4n) is 1.15. The third-order valence-electron chi connectivity index (χ3n) is 1.88. The minimum atomic E-state index is -1.21. The number of hydrogen-bond donors (Lipinski definition) is 2. The lowest BCUT2D eigenvalue weighted by atomic mass is 10.2. The van der Waals surface area contributed by atoms with Gasteiger partial charge in [-0.3, -0.25) is 9.89 Å². The van der Waals surface area contributed by atoms with Crippen LogP contribution in [0.4, 0.5) is 18.9 Å². The second-order valence-corrected chi connectivity index (χ2v) is 3.03. The number of carbonyl (C=O) groups excluding carboxylic acids is 1. The van der Waals surface area contributed by atoms with Crippen molar-refractivity contribution in [2.45, 2.75) is 0 Å². The van der Waals surface area contributed by atoms with Gasteiger partial charge in [0.2, 0.25) is 5.82 Å². The Labute approximate surface area is 92.7 Å². The third kappa shape index (κ3) is 2.25. The average Bonchev–Trinajstić information content (AvgIpc) is 2.76. The summed E-state index contributed by atoms with van der Waals surface area (Å²) < 4.78 is 38.9. The van der Waals surface area contributed by atoms with Gasteiger partial charge in [0.1, 0.15) is 17.8 Å². The molecular formula is C9H5F3N4O. The van der Waals surface area contributed by atoms with Crippen LogP contribution in [-0.2, 0) is 0 Å². The van der Waals surface area contributed by atoms with Crippen LogP contribution in [-0.4, -0.2) is 21.1 Å². The number of nitrogens with one attached hydrogen (secondary N) is 2. The van der Waals surface area contributed by atoms with Crippen molar-refractivity contribution in [3.05, 3.63) is 41.7 Å². The van der Waals surface area contributed by atoms with Crippen molar-refractivity contribution in [3.8, 4) is 0 Å². The zero-order valence-corrected chi connectivity index (χ0v) is 8.17. The molecule has 1 amide bonds. The Balaban J connectivity index is 2.28. The lowest BCUT2D eigenvalue weighted by molar-refractivity contribution is 0.101. The molecule has 0 aliphatic rings. The number of anilines is 1. The van der Waals surface area contributed by atoms with E-state index in [-0.39, 0.29) is 5.82 Å². The Kier molecular flexibility index (Phi) is 2.77. The van der Waals surface area contributed by atoms with Crippen LogP contribution < -0.4 is 5.32 Å². The van der Waals surface area contributed by atoms with Crippen LogP contribution in [0.5, 0.6) is 0 Å². The first-order chi connectivity index (χ1) is 8.08. The standard InChI is InChI=1S/C9H5F3N4O/c10-4-1-5(11)7(6(12)2-4)15-9(17)8-13-3-14-16-8/h1-3H,(H,15,17)(H,13,14,16). The molecule has 0 aliphatic carbocycles. The van der Waals surface area contributed by atoms with Gasteiger partial charge < -0.3 is 5.32 Å². The van der Waals surface area contributed by atoms with Crippen molar-refractivity contribution < 1.29 is 18.0 Å². The van der Waals surface area contributed by atoms with E-state index in [0.717, 1.165) is 6.33 Å². The van der Waals surface area contributed by atoms with Crippen molar-refractivity contribution >= 4 is 11.6 Å². The molecule has 8 heteroatoms. The summed E-state index contributed by atoms with van der Waals surface area (Å²) in [6.07, 6.45) is 1.06. The van der Waals surface area contributed by atoms with E-state index in [4.69, 9.17) is 0 Å². The van der Waals surface area contributed by atoms with Gasteiger partial charge in [-0.15, -0.1) is 0 Å². The number of aromatic amines is 1. The molecule has 0 atom stereocenters. The maximum absolute atomic E-state index is 13.2. The molecule has 2 aromatic rings. The van der Waals surface area contributed by atoms with Crippen molar-refractivity contribution in [2.24, 2.45) is 0 Å². The van der Waals surface area contributed by atoms with Gasteiger partial charge >= 0.3 is 0 Å². The first-order valence-electron chi connectivity index (χ1n) is 4.39. The predicted molar refractivity (Wildman–Crippen MR) is 50.7 cm³/mol. The van der Waals surface area contributed by atoms with Crippen LogP contribution in [0, 0.1) is 17.5 Å². The highest BCUT2D eigenvalue weighted by atomic mass is 19.1. The monoisotopic (exact) mass is 242 g/mol. The molecule has 0 spiro atoms. The molecule has 5 nitrogen and oxygen atoms in total. The van der Waals surface area contributed by atoms with Crippen LogP contribution in [0.25, 0.3) is 0 Å². The second kappa shape index (κ2) is 4.24. The van der Waals surface area contributed by atoms with Crippen LogP contribution in [0.15, 0.2) is 18.5 Å². The summed E-state index contributed by atoms with van der Waals surface area (Å²) >= 11 is 0. The van der Waals surface area contributed by atoms with Gasteiger partial charge in [-0.1, -0.05) is 0 Å². The molecule has 2 rings (SSSR count). The first-order valence-corrected chi connectivity index (χ1v) is 4.39. The van der Waals surface area contributed by atoms with Crippen LogP contribution >= 0.6 is 0 Å². The average molecular weight is 242 g/mol. The Morgan fingerprint density at radius 1 is 1.24 bits per heavy atom. The Morgan fingerprint density at radius 2 is 1.88 bits per heavy atom. The molecule has 0 bridgehead atoms. The molecule has 0 saturated heterocycles. The number of amides is 1. The molecule has 1 aromatic heterocycles. The van der Waals surface area contributed by atoms with Crippen molar-refractivity contribution in [1.29, 1.82) is 0 Å². The first kappa shape index (κ1) is 11.1. The minimum Gasteiger partial charge on any atom is -0.314 e. The van der Waals surface area contributed by atoms with E-state index in [1.54, 1.807) is 0 Å². The predicted octanol–water partition coefficient (Wildman–Crippen LogP) is 1.47. The summed E-state index contributed by atoms with van der Waals surface area (Å²) in [5.41, 5.74) is -0.743. The fourth-order valence-corrected chi connectivity index (χ4v) is 1.15. The number of aromatic nitrogens is 3. The maximum atomic E-state index is 13.2. The number of benzene rings is 1. The van der Waals surface area contributed by atoms with E-state index in [0.29, 0.717) is 12.1 Å². The van der Waals surface area contributed by atoms with E-state index in [9.17, 15) is 18.0 Å². The lowest BCUT2D eigenvalue weighted by Gasteiger charge is -2.05. The molecule has 1 heterocycles. The number of halogens is 3. The van der Waals surface area contributed by atoms with Crippen LogP contribution in [0.3, 0.4) is 0 Å². The summed E-state index contributed by atoms with van der Waals surface area (Å²) in [4.78, 5) is 14.9. The molecule has 1 aromatic carbocycles. The summed E-state index contributed by atoms with van der Waals surface area (Å²) in [6.45, 7) is 0. The molecule has 0 unspecified atom stereocenters. The summed E-state index contributed by atoms with van der Waals surface area (Å²) in [5, 5.41) is 7.53. The van der Waals surface area contributed by atoms with Gasteiger partial charge in [-0.2, -0.15) is 5.10 Å². The van der Waals surface area contributed by atoms with E-state index < -0.39 is 29.0 Å². The largest absolute Gasteiger partial charge is 0.314 e. The molecule has 0 saturated carbocycles. The van der Waals surface area contributed by atoms with Gasteiger partial charge in [0.05, 0.1) is 0 Å². The fraction of sp³-hybridized carbons (Fsp3) is 0. The molecule has 88 valence electrons. The van der Waals surface area contributed by atoms with Gasteiger partial charge in [0.25, 0.3) is 5.91 Å². The highest BCUT2D eigenvalue weighted by Crippen LogP contribution is 2.20. The second-order valence-electron chi connectivity index (χ2n) is 3.03. The van der Waals surface area contributed by atoms with Gasteiger partial charge in [-0.25, -0.2) is 18.2 Å². The molecule has 0 radical (unpaired) electrons. The Bertz CT molecular complexity index is 532. The zero-order valence-electron chi connectivity index (χ0n) is 8.17. The van der Waals surface area contributed by atoms with Gasteiger partial charge in [0.15, 0.2) is 11.6 Å². The molecule has 0 aliphatic heterocycles. The normalized spacial score (nSPS) is 10.3. The SMILES string of the molecule is O=C(Nc1c(F)cc(F)cc1F)c1ncn[nH]1. The van der Waals surface area contributed by atoms with E-state index >= 15 is 0 Å². The Morgan fingerprint density at radius 3 is 2.41 bits per heavy atom. The molecule has 0 fully saturated rings. The highest BCUT2D eigenvalue weighted by Gasteiger charge is 2.16. The molecule has 2 N–H and O–H groups in total. The van der Waals surface area contributed by atoms with Crippen molar-refractivity contribution in [3.63, 3.8) is 0 Å². The van der Waals surface area contributed by atoms with E-state index in [1.807, 2.05) is 5.32 Å². The van der Waals surface area contributed by atoms with Gasteiger partial charge in [-0.05, 0) is 0 Å². The summed E-state index contributed by atoms with van der Waals surface area (Å²) in [5.74, 6) is -4.59. The lowest BCUT2D eigenvalue weighted by Crippen LogP contribution is -2.16. The minimum absolute atomic E-state index is 0.215. The maximum Gasteiger partial charge on any atom is 0.293 e. The highest BCUT2D eigenvalue weighted by molar-refractivity contribution is 6.01. The van der Waals surface area contributed by atoms with Crippen LogP contribution in [0.2, 0.25) is 0 Å². The zero-order chi connectivity index (χ0) is 12.4. The molecular weight excluding hydrogens is 237 g/mol. The van der Waals surface area contributed by atoms with Crippen molar-refractivity contribution in [1.82, 2.24) is 15.2 Å². The van der Waals surface area contributed by atoms with Crippen LogP contribution in [0.1, 0.15) is 10.6 Å². The quantitative estimate of drug-likeness (QED) is 0.837. The number of carbonyl (C=O) groups is 1. The topological polar surface area (TPSA) is 70.7 Å². The third-order valence-corrected chi connectivity index (χ3v) is 1.88. The summed E-state index contributed by atoms with van der Waals surface area (Å²) in [7, 11) is 0.